The van der Waals surface area contributed by atoms with Gasteiger partial charge >= 0.3 is 0 Å². The number of hydrogen-bond donors (Lipinski definition) is 2. The second kappa shape index (κ2) is 6.91. The van der Waals surface area contributed by atoms with Gasteiger partial charge in [0.1, 0.15) is 0 Å². The lowest BCUT2D eigenvalue weighted by Gasteiger charge is -2.31. The van der Waals surface area contributed by atoms with E-state index in [0.717, 1.165) is 12.3 Å². The van der Waals surface area contributed by atoms with E-state index < -0.39 is 0 Å². The smallest absolute Gasteiger partial charge is 0.0584 e. The van der Waals surface area contributed by atoms with Crippen molar-refractivity contribution in [3.8, 4) is 0 Å². The van der Waals surface area contributed by atoms with Gasteiger partial charge in [0.15, 0.2) is 0 Å². The van der Waals surface area contributed by atoms with Gasteiger partial charge < -0.3 is 10.4 Å². The average Bonchev–Trinajstić information content (AvgIpc) is 2.46. The van der Waals surface area contributed by atoms with E-state index >= 15 is 0 Å². The van der Waals surface area contributed by atoms with E-state index in [4.69, 9.17) is 0 Å². The van der Waals surface area contributed by atoms with E-state index in [9.17, 15) is 5.11 Å². The molecule has 1 fully saturated rings. The zero-order chi connectivity index (χ0) is 12.8. The molecule has 0 unspecified atom stereocenters. The van der Waals surface area contributed by atoms with E-state index in [2.05, 4.69) is 42.6 Å². The Bertz CT molecular complexity index is 326. The minimum atomic E-state index is 0.259. The van der Waals surface area contributed by atoms with Crippen molar-refractivity contribution in [1.82, 2.24) is 5.32 Å². The Kier molecular flexibility index (Phi) is 5.21. The minimum Gasteiger partial charge on any atom is -0.395 e. The van der Waals surface area contributed by atoms with Crippen LogP contribution in [-0.4, -0.2) is 23.8 Å². The summed E-state index contributed by atoms with van der Waals surface area (Å²) in [5.74, 6) is 0.735. The molecule has 0 saturated heterocycles. The summed E-state index contributed by atoms with van der Waals surface area (Å²) in [6.45, 7) is 2.39. The van der Waals surface area contributed by atoms with E-state index in [0.29, 0.717) is 6.04 Å². The van der Waals surface area contributed by atoms with Crippen LogP contribution < -0.4 is 5.32 Å². The molecule has 0 heterocycles. The van der Waals surface area contributed by atoms with Crippen molar-refractivity contribution < 1.29 is 5.11 Å². The van der Waals surface area contributed by atoms with Crippen molar-refractivity contribution in [3.05, 3.63) is 35.9 Å². The van der Waals surface area contributed by atoms with Crippen LogP contribution in [0.5, 0.6) is 0 Å². The zero-order valence-corrected chi connectivity index (χ0v) is 11.3. The van der Waals surface area contributed by atoms with Crippen molar-refractivity contribution in [2.24, 2.45) is 0 Å². The third-order valence-corrected chi connectivity index (χ3v) is 4.18. The lowest BCUT2D eigenvalue weighted by Crippen LogP contribution is -2.41. The van der Waals surface area contributed by atoms with Crippen molar-refractivity contribution in [1.29, 1.82) is 0 Å². The molecule has 100 valence electrons. The second-order valence-electron chi connectivity index (χ2n) is 5.41. The maximum Gasteiger partial charge on any atom is 0.0584 e. The summed E-state index contributed by atoms with van der Waals surface area (Å²) in [6, 6.07) is 11.7. The summed E-state index contributed by atoms with van der Waals surface area (Å²) in [4.78, 5) is 0. The van der Waals surface area contributed by atoms with E-state index in [1.165, 1.54) is 31.2 Å². The molecule has 0 aromatic heterocycles. The summed E-state index contributed by atoms with van der Waals surface area (Å²) in [7, 11) is 0. The molecule has 0 aliphatic heterocycles. The van der Waals surface area contributed by atoms with Crippen LogP contribution >= 0.6 is 0 Å². The summed E-state index contributed by atoms with van der Waals surface area (Å²) >= 11 is 0. The van der Waals surface area contributed by atoms with Crippen LogP contribution in [0.15, 0.2) is 30.3 Å². The Morgan fingerprint density at radius 1 is 1.17 bits per heavy atom. The van der Waals surface area contributed by atoms with Gasteiger partial charge in [0.2, 0.25) is 0 Å². The number of aliphatic hydroxyl groups is 1. The Morgan fingerprint density at radius 3 is 2.39 bits per heavy atom. The fraction of sp³-hybridized carbons (Fsp3) is 0.625. The van der Waals surface area contributed by atoms with Crippen molar-refractivity contribution in [2.75, 3.05) is 6.61 Å². The zero-order valence-electron chi connectivity index (χ0n) is 11.3. The highest BCUT2D eigenvalue weighted by molar-refractivity contribution is 5.20. The fourth-order valence-corrected chi connectivity index (χ4v) is 2.95. The Balaban J connectivity index is 1.81. The molecule has 2 heteroatoms. The molecule has 2 rings (SSSR count). The molecular formula is C16H25NO. The van der Waals surface area contributed by atoms with Gasteiger partial charge in [0, 0.05) is 12.1 Å². The first-order valence-electron chi connectivity index (χ1n) is 7.25. The third-order valence-electron chi connectivity index (χ3n) is 4.18. The molecule has 0 amide bonds. The van der Waals surface area contributed by atoms with Crippen molar-refractivity contribution in [3.63, 3.8) is 0 Å². The molecule has 1 aromatic carbocycles. The molecule has 0 radical (unpaired) electrons. The van der Waals surface area contributed by atoms with Crippen LogP contribution in [-0.2, 0) is 0 Å². The minimum absolute atomic E-state index is 0.259. The van der Waals surface area contributed by atoms with Gasteiger partial charge in [-0.1, -0.05) is 37.3 Å². The molecule has 2 N–H and O–H groups in total. The van der Waals surface area contributed by atoms with Crippen molar-refractivity contribution >= 4 is 0 Å². The molecule has 0 spiro atoms. The summed E-state index contributed by atoms with van der Waals surface area (Å²) in [5, 5.41) is 12.8. The lowest BCUT2D eigenvalue weighted by molar-refractivity contribution is 0.212. The summed E-state index contributed by atoms with van der Waals surface area (Å²) < 4.78 is 0. The fourth-order valence-electron chi connectivity index (χ4n) is 2.95. The molecule has 1 atom stereocenters. The van der Waals surface area contributed by atoms with E-state index in [1.807, 2.05) is 0 Å². The SMILES string of the molecule is CC[C@@H](CO)NC1CCC(c2ccccc2)CC1. The molecule has 2 nitrogen and oxygen atoms in total. The van der Waals surface area contributed by atoms with Crippen LogP contribution in [0.4, 0.5) is 0 Å². The Hall–Kier alpha value is -0.860. The molecule has 18 heavy (non-hydrogen) atoms. The van der Waals surface area contributed by atoms with Crippen LogP contribution in [0.1, 0.15) is 50.5 Å². The highest BCUT2D eigenvalue weighted by Crippen LogP contribution is 2.32. The highest BCUT2D eigenvalue weighted by atomic mass is 16.3. The number of aliphatic hydroxyl groups excluding tert-OH is 1. The van der Waals surface area contributed by atoms with Gasteiger partial charge in [0.25, 0.3) is 0 Å². The molecular weight excluding hydrogens is 222 g/mol. The topological polar surface area (TPSA) is 32.3 Å². The van der Waals surface area contributed by atoms with Gasteiger partial charge in [-0.3, -0.25) is 0 Å². The van der Waals surface area contributed by atoms with E-state index in [1.54, 1.807) is 0 Å². The normalized spacial score (nSPS) is 25.9. The predicted molar refractivity (Wildman–Crippen MR) is 75.7 cm³/mol. The van der Waals surface area contributed by atoms with Crippen LogP contribution in [0.2, 0.25) is 0 Å². The molecule has 1 aliphatic carbocycles. The Morgan fingerprint density at radius 2 is 1.83 bits per heavy atom. The standard InChI is InChI=1S/C16H25NO/c1-2-15(12-18)17-16-10-8-14(9-11-16)13-6-4-3-5-7-13/h3-7,14-18H,2,8-12H2,1H3/t14?,15-,16?/m0/s1. The quantitative estimate of drug-likeness (QED) is 0.838. The summed E-state index contributed by atoms with van der Waals surface area (Å²) in [5.41, 5.74) is 1.49. The number of hydrogen-bond acceptors (Lipinski definition) is 2. The van der Waals surface area contributed by atoms with Crippen LogP contribution in [0, 0.1) is 0 Å². The first kappa shape index (κ1) is 13.6. The van der Waals surface area contributed by atoms with E-state index in [-0.39, 0.29) is 12.6 Å². The molecule has 0 bridgehead atoms. The molecule has 1 saturated carbocycles. The van der Waals surface area contributed by atoms with Crippen LogP contribution in [0.3, 0.4) is 0 Å². The maximum atomic E-state index is 9.22. The molecule has 1 aromatic rings. The summed E-state index contributed by atoms with van der Waals surface area (Å²) in [6.07, 6.45) is 6.01. The average molecular weight is 247 g/mol. The predicted octanol–water partition coefficient (Wildman–Crippen LogP) is 3.07. The second-order valence-corrected chi connectivity index (χ2v) is 5.41. The Labute approximate surface area is 110 Å². The van der Waals surface area contributed by atoms with Gasteiger partial charge in [-0.15, -0.1) is 0 Å². The first-order valence-corrected chi connectivity index (χ1v) is 7.25. The van der Waals surface area contributed by atoms with Gasteiger partial charge in [-0.25, -0.2) is 0 Å². The maximum absolute atomic E-state index is 9.22. The van der Waals surface area contributed by atoms with Crippen molar-refractivity contribution in [2.45, 2.75) is 57.0 Å². The van der Waals surface area contributed by atoms with Gasteiger partial charge in [-0.2, -0.15) is 0 Å². The van der Waals surface area contributed by atoms with Crippen LogP contribution in [0.25, 0.3) is 0 Å². The number of benzene rings is 1. The first-order chi connectivity index (χ1) is 8.83. The highest BCUT2D eigenvalue weighted by Gasteiger charge is 2.23. The van der Waals surface area contributed by atoms with Gasteiger partial charge in [0.05, 0.1) is 6.61 Å². The molecule has 1 aliphatic rings. The monoisotopic (exact) mass is 247 g/mol. The third kappa shape index (κ3) is 3.56. The lowest BCUT2D eigenvalue weighted by atomic mass is 9.81. The number of rotatable bonds is 5. The number of nitrogens with one attached hydrogen (secondary N) is 1. The largest absolute Gasteiger partial charge is 0.395 e. The van der Waals surface area contributed by atoms with Gasteiger partial charge in [-0.05, 0) is 43.6 Å².